The molecule has 1 N–H and O–H groups in total. The average Bonchev–Trinajstić information content (AvgIpc) is 3.17. The number of H-pyrrole nitrogens is 1. The van der Waals surface area contributed by atoms with Crippen LogP contribution in [-0.4, -0.2) is 19.8 Å². The fourth-order valence-corrected chi connectivity index (χ4v) is 2.98. The molecule has 140 valence electrons. The summed E-state index contributed by atoms with van der Waals surface area (Å²) in [6.45, 7) is 0. The highest BCUT2D eigenvalue weighted by molar-refractivity contribution is 5.78. The van der Waals surface area contributed by atoms with Gasteiger partial charge in [-0.15, -0.1) is 0 Å². The minimum Gasteiger partial charge on any atom is -0.278 e. The number of aromatic amines is 1. The Morgan fingerprint density at radius 1 is 0.963 bits per heavy atom. The number of hydrogen-bond donors (Lipinski definition) is 1. The zero-order valence-electron chi connectivity index (χ0n) is 13.4. The van der Waals surface area contributed by atoms with Crippen molar-refractivity contribution in [2.75, 3.05) is 0 Å². The number of hydrogen-bond acceptors (Lipinski definition) is 2. The van der Waals surface area contributed by atoms with E-state index in [2.05, 4.69) is 15.3 Å². The molecular weight excluding hydrogens is 374 g/mol. The molecule has 0 bridgehead atoms. The lowest BCUT2D eigenvalue weighted by Crippen LogP contribution is -2.09. The molecule has 0 atom stereocenters. The Morgan fingerprint density at radius 2 is 1.74 bits per heavy atom. The van der Waals surface area contributed by atoms with Gasteiger partial charge in [0.15, 0.2) is 5.69 Å². The van der Waals surface area contributed by atoms with Gasteiger partial charge in [0.1, 0.15) is 0 Å². The highest BCUT2D eigenvalue weighted by atomic mass is 19.4. The van der Waals surface area contributed by atoms with Crippen LogP contribution in [0.3, 0.4) is 0 Å². The van der Waals surface area contributed by atoms with Crippen LogP contribution in [0.15, 0.2) is 42.7 Å². The molecule has 4 aromatic rings. The van der Waals surface area contributed by atoms with Crippen molar-refractivity contribution in [1.29, 1.82) is 0 Å². The number of pyridine rings is 1. The van der Waals surface area contributed by atoms with Crippen LogP contribution in [0.4, 0.5) is 26.3 Å². The van der Waals surface area contributed by atoms with E-state index in [0.717, 1.165) is 23.0 Å². The summed E-state index contributed by atoms with van der Waals surface area (Å²) in [6, 6.07) is 6.75. The van der Waals surface area contributed by atoms with Gasteiger partial charge in [-0.05, 0) is 29.8 Å². The molecular formula is C17H10F6N4. The normalized spacial score (nSPS) is 13.0. The van der Waals surface area contributed by atoms with Crippen molar-refractivity contribution in [3.63, 3.8) is 0 Å². The number of nitrogens with one attached hydrogen (secondary N) is 1. The van der Waals surface area contributed by atoms with Crippen molar-refractivity contribution < 1.29 is 26.3 Å². The zero-order chi connectivity index (χ0) is 19.4. The molecule has 4 nitrogen and oxygen atoms in total. The molecule has 0 aliphatic carbocycles. The van der Waals surface area contributed by atoms with E-state index in [0.29, 0.717) is 16.3 Å². The molecule has 3 aromatic heterocycles. The third kappa shape index (κ3) is 3.11. The van der Waals surface area contributed by atoms with Crippen LogP contribution in [0.1, 0.15) is 22.4 Å². The average molecular weight is 384 g/mol. The van der Waals surface area contributed by atoms with Crippen molar-refractivity contribution in [2.45, 2.75) is 18.8 Å². The molecule has 10 heteroatoms. The SMILES string of the molecule is FC(F)(F)c1ccc2c(Cc3ccc4[nH]ncc4c3)c(C(F)(F)F)nn2c1. The molecule has 27 heavy (non-hydrogen) atoms. The molecule has 3 heterocycles. The Labute approximate surface area is 147 Å². The van der Waals surface area contributed by atoms with Crippen LogP contribution in [0, 0.1) is 0 Å². The number of benzene rings is 1. The molecule has 0 amide bonds. The maximum absolute atomic E-state index is 13.4. The summed E-state index contributed by atoms with van der Waals surface area (Å²) in [6.07, 6.45) is -7.50. The van der Waals surface area contributed by atoms with E-state index in [1.165, 1.54) is 6.20 Å². The van der Waals surface area contributed by atoms with Crippen molar-refractivity contribution in [3.05, 3.63) is 65.1 Å². The summed E-state index contributed by atoms with van der Waals surface area (Å²) in [5, 5.41) is 10.7. The van der Waals surface area contributed by atoms with Crippen molar-refractivity contribution in [2.24, 2.45) is 0 Å². The van der Waals surface area contributed by atoms with E-state index in [4.69, 9.17) is 0 Å². The largest absolute Gasteiger partial charge is 0.435 e. The molecule has 0 aliphatic rings. The molecule has 4 rings (SSSR count). The monoisotopic (exact) mass is 384 g/mol. The third-order valence-electron chi connectivity index (χ3n) is 4.21. The standard InChI is InChI=1S/C17H10F6N4/c18-16(19,20)11-2-4-14-12(15(17(21,22)23)26-27(14)8-11)6-9-1-3-13-10(5-9)7-24-25-13/h1-5,7-8H,6H2,(H,24,25). The first-order chi connectivity index (χ1) is 12.6. The minimum atomic E-state index is -4.79. The molecule has 0 fully saturated rings. The summed E-state index contributed by atoms with van der Waals surface area (Å²) < 4.78 is 79.4. The van der Waals surface area contributed by atoms with Gasteiger partial charge in [0.25, 0.3) is 0 Å². The smallest absolute Gasteiger partial charge is 0.278 e. The fourth-order valence-electron chi connectivity index (χ4n) is 2.98. The Balaban J connectivity index is 1.86. The number of fused-ring (bicyclic) bond motifs is 2. The lowest BCUT2D eigenvalue weighted by atomic mass is 10.0. The van der Waals surface area contributed by atoms with E-state index in [1.54, 1.807) is 18.2 Å². The van der Waals surface area contributed by atoms with Crippen LogP contribution in [-0.2, 0) is 18.8 Å². The van der Waals surface area contributed by atoms with E-state index in [1.807, 2.05) is 0 Å². The maximum atomic E-state index is 13.4. The molecule has 0 aliphatic heterocycles. The molecule has 0 spiro atoms. The van der Waals surface area contributed by atoms with Gasteiger partial charge in [0.2, 0.25) is 0 Å². The highest BCUT2D eigenvalue weighted by Gasteiger charge is 2.38. The number of aromatic nitrogens is 4. The minimum absolute atomic E-state index is 0.0254. The maximum Gasteiger partial charge on any atom is 0.435 e. The Kier molecular flexibility index (Phi) is 3.69. The van der Waals surface area contributed by atoms with Crippen LogP contribution in [0.5, 0.6) is 0 Å². The van der Waals surface area contributed by atoms with Crippen molar-refractivity contribution in [1.82, 2.24) is 19.8 Å². The van der Waals surface area contributed by atoms with Crippen LogP contribution in [0.2, 0.25) is 0 Å². The second kappa shape index (κ2) is 5.73. The molecule has 0 radical (unpaired) electrons. The summed E-state index contributed by atoms with van der Waals surface area (Å²) >= 11 is 0. The summed E-state index contributed by atoms with van der Waals surface area (Å²) in [5.74, 6) is 0. The quantitative estimate of drug-likeness (QED) is 0.503. The van der Waals surface area contributed by atoms with Gasteiger partial charge < -0.3 is 0 Å². The van der Waals surface area contributed by atoms with Gasteiger partial charge in [-0.1, -0.05) is 6.07 Å². The number of rotatable bonds is 2. The van der Waals surface area contributed by atoms with Crippen LogP contribution in [0.25, 0.3) is 16.4 Å². The molecule has 1 aromatic carbocycles. The highest BCUT2D eigenvalue weighted by Crippen LogP contribution is 2.36. The topological polar surface area (TPSA) is 46.0 Å². The summed E-state index contributed by atoms with van der Waals surface area (Å²) in [4.78, 5) is 0. The Bertz CT molecular complexity index is 1140. The fraction of sp³-hybridized carbons (Fsp3) is 0.176. The Morgan fingerprint density at radius 3 is 2.44 bits per heavy atom. The Hall–Kier alpha value is -3.04. The summed E-state index contributed by atoms with van der Waals surface area (Å²) in [5.41, 5.74) is -1.19. The summed E-state index contributed by atoms with van der Waals surface area (Å²) in [7, 11) is 0. The molecule has 0 saturated heterocycles. The van der Waals surface area contributed by atoms with Gasteiger partial charge >= 0.3 is 12.4 Å². The second-order valence-corrected chi connectivity index (χ2v) is 6.04. The number of halogens is 6. The van der Waals surface area contributed by atoms with Crippen molar-refractivity contribution in [3.8, 4) is 0 Å². The zero-order valence-corrected chi connectivity index (χ0v) is 13.4. The molecule has 0 unspecified atom stereocenters. The van der Waals surface area contributed by atoms with Crippen molar-refractivity contribution >= 4 is 16.4 Å². The second-order valence-electron chi connectivity index (χ2n) is 6.04. The first-order valence-electron chi connectivity index (χ1n) is 7.70. The van der Waals surface area contributed by atoms with E-state index >= 15 is 0 Å². The number of nitrogens with zero attached hydrogens (tertiary/aromatic N) is 3. The lowest BCUT2D eigenvalue weighted by Gasteiger charge is -2.08. The third-order valence-corrected chi connectivity index (χ3v) is 4.21. The molecule has 0 saturated carbocycles. The van der Waals surface area contributed by atoms with Gasteiger partial charge in [0.05, 0.1) is 22.8 Å². The van der Waals surface area contributed by atoms with Gasteiger partial charge in [-0.25, -0.2) is 4.52 Å². The van der Waals surface area contributed by atoms with E-state index < -0.39 is 23.6 Å². The van der Waals surface area contributed by atoms with Crippen LogP contribution < -0.4 is 0 Å². The predicted octanol–water partition coefficient (Wildman–Crippen LogP) is 4.84. The van der Waals surface area contributed by atoms with Gasteiger partial charge in [-0.3, -0.25) is 5.10 Å². The van der Waals surface area contributed by atoms with E-state index in [-0.39, 0.29) is 17.5 Å². The van der Waals surface area contributed by atoms with E-state index in [9.17, 15) is 26.3 Å². The first kappa shape index (κ1) is 17.4. The van der Waals surface area contributed by atoms with Crippen LogP contribution >= 0.6 is 0 Å². The first-order valence-corrected chi connectivity index (χ1v) is 7.70. The van der Waals surface area contributed by atoms with Gasteiger partial charge in [-0.2, -0.15) is 36.5 Å². The number of alkyl halides is 6. The predicted molar refractivity (Wildman–Crippen MR) is 84.1 cm³/mol. The lowest BCUT2D eigenvalue weighted by molar-refractivity contribution is -0.141. The van der Waals surface area contributed by atoms with Gasteiger partial charge in [0, 0.05) is 23.6 Å².